The molecule has 6 heterocycles. The quantitative estimate of drug-likeness (QED) is 0.496. The summed E-state index contributed by atoms with van der Waals surface area (Å²) in [6.45, 7) is 0.840. The van der Waals surface area contributed by atoms with Crippen molar-refractivity contribution < 1.29 is 28.2 Å². The molecule has 1 amide bonds. The van der Waals surface area contributed by atoms with Crippen molar-refractivity contribution in [3.05, 3.63) is 47.5 Å². The predicted octanol–water partition coefficient (Wildman–Crippen LogP) is 2.49. The lowest BCUT2D eigenvalue weighted by atomic mass is 9.68. The summed E-state index contributed by atoms with van der Waals surface area (Å²) in [5.41, 5.74) is 0.591. The van der Waals surface area contributed by atoms with Crippen molar-refractivity contribution in [3.8, 4) is 11.6 Å². The summed E-state index contributed by atoms with van der Waals surface area (Å²) in [4.78, 5) is 38.0. The van der Waals surface area contributed by atoms with Crippen LogP contribution < -0.4 is 20.1 Å². The number of ketones is 1. The van der Waals surface area contributed by atoms with Crippen LogP contribution in [0.2, 0.25) is 0 Å². The molecule has 10 nitrogen and oxygen atoms in total. The van der Waals surface area contributed by atoms with Crippen LogP contribution in [-0.4, -0.2) is 58.1 Å². The summed E-state index contributed by atoms with van der Waals surface area (Å²) >= 11 is 0. The van der Waals surface area contributed by atoms with E-state index in [1.54, 1.807) is 18.2 Å². The first kappa shape index (κ1) is 23.7. The van der Waals surface area contributed by atoms with E-state index in [0.29, 0.717) is 54.5 Å². The number of nitrogens with one attached hydrogen (secondary N) is 2. The number of nitrogens with zero attached hydrogens (tertiary/aromatic N) is 3. The lowest BCUT2D eigenvalue weighted by molar-refractivity contribution is -0.178. The molecule has 192 valence electrons. The number of pyridine rings is 3. The van der Waals surface area contributed by atoms with E-state index in [4.69, 9.17) is 14.2 Å². The summed E-state index contributed by atoms with van der Waals surface area (Å²) in [5, 5.41) is 6.29. The molecule has 0 aromatic carbocycles. The highest BCUT2D eigenvalue weighted by atomic mass is 19.1. The molecule has 2 N–H and O–H groups in total. The Labute approximate surface area is 211 Å². The summed E-state index contributed by atoms with van der Waals surface area (Å²) < 4.78 is 31.5. The molecule has 0 atom stereocenters. The lowest BCUT2D eigenvalue weighted by Gasteiger charge is -2.52. The monoisotopic (exact) mass is 507 g/mol. The topological polar surface area (TPSA) is 125 Å². The van der Waals surface area contributed by atoms with Gasteiger partial charge in [0.05, 0.1) is 36.6 Å². The smallest absolute Gasteiger partial charge is 0.263 e. The van der Waals surface area contributed by atoms with Gasteiger partial charge in [0.1, 0.15) is 11.4 Å². The third-order valence-corrected chi connectivity index (χ3v) is 7.61. The van der Waals surface area contributed by atoms with E-state index >= 15 is 0 Å². The van der Waals surface area contributed by atoms with Crippen molar-refractivity contribution >= 4 is 28.5 Å². The van der Waals surface area contributed by atoms with Gasteiger partial charge in [-0.25, -0.2) is 14.4 Å². The molecular formula is C26H26FN5O5. The van der Waals surface area contributed by atoms with E-state index < -0.39 is 11.4 Å². The van der Waals surface area contributed by atoms with E-state index in [0.717, 1.165) is 24.7 Å². The molecule has 4 aliphatic rings. The Hall–Kier alpha value is -3.70. The standard InChI is InChI=1S/C26H26FN5O5/c1-35-22-5-3-18-23(32-22)16(17(27)12-28-18)10-20(33)26-8-6-25(7-9-26,14-37-26)29-11-15-2-4-19-24(30-15)31-21(34)13-36-19/h2-5,12,29H,6-11,13-14H2,1H3,(H,30,31,34). The van der Waals surface area contributed by atoms with Gasteiger partial charge in [-0.3, -0.25) is 14.6 Å². The first-order chi connectivity index (χ1) is 17.9. The number of carbonyl (C=O) groups excluding carboxylic acids is 2. The summed E-state index contributed by atoms with van der Waals surface area (Å²) in [6, 6.07) is 7.00. The van der Waals surface area contributed by atoms with E-state index in [1.165, 1.54) is 7.11 Å². The number of aromatic nitrogens is 3. The van der Waals surface area contributed by atoms with Gasteiger partial charge in [0.2, 0.25) is 5.88 Å². The zero-order chi connectivity index (χ0) is 25.6. The number of fused-ring (bicyclic) bond motifs is 5. The van der Waals surface area contributed by atoms with Crippen LogP contribution in [0.3, 0.4) is 0 Å². The number of hydrogen-bond acceptors (Lipinski definition) is 9. The van der Waals surface area contributed by atoms with Crippen LogP contribution >= 0.6 is 0 Å². The number of methoxy groups -OCH3 is 1. The second kappa shape index (κ2) is 9.00. The van der Waals surface area contributed by atoms with Gasteiger partial charge in [0.25, 0.3) is 5.91 Å². The van der Waals surface area contributed by atoms with E-state index in [-0.39, 0.29) is 35.8 Å². The highest BCUT2D eigenvalue weighted by molar-refractivity contribution is 5.94. The van der Waals surface area contributed by atoms with Crippen LogP contribution in [0.4, 0.5) is 10.2 Å². The van der Waals surface area contributed by atoms with Gasteiger partial charge in [-0.15, -0.1) is 0 Å². The van der Waals surface area contributed by atoms with Crippen molar-refractivity contribution in [2.24, 2.45) is 0 Å². The Morgan fingerprint density at radius 1 is 1.19 bits per heavy atom. The molecule has 37 heavy (non-hydrogen) atoms. The summed E-state index contributed by atoms with van der Waals surface area (Å²) in [5.74, 6) is 0.355. The first-order valence-electron chi connectivity index (χ1n) is 12.2. The highest BCUT2D eigenvalue weighted by Gasteiger charge is 2.53. The molecular weight excluding hydrogens is 481 g/mol. The fraction of sp³-hybridized carbons (Fsp3) is 0.423. The number of ether oxygens (including phenoxy) is 3. The van der Waals surface area contributed by atoms with Crippen LogP contribution in [0.1, 0.15) is 36.9 Å². The minimum absolute atomic E-state index is 0.0120. The van der Waals surface area contributed by atoms with Gasteiger partial charge in [-0.05, 0) is 43.9 Å². The number of anilines is 1. The Morgan fingerprint density at radius 3 is 2.78 bits per heavy atom. The van der Waals surface area contributed by atoms with E-state index in [2.05, 4.69) is 25.6 Å². The minimum atomic E-state index is -0.935. The molecule has 1 aliphatic carbocycles. The molecule has 0 unspecified atom stereocenters. The predicted molar refractivity (Wildman–Crippen MR) is 130 cm³/mol. The zero-order valence-corrected chi connectivity index (χ0v) is 20.3. The molecule has 3 aromatic heterocycles. The highest BCUT2D eigenvalue weighted by Crippen LogP contribution is 2.45. The molecule has 3 fully saturated rings. The Morgan fingerprint density at radius 2 is 2.03 bits per heavy atom. The third-order valence-electron chi connectivity index (χ3n) is 7.61. The van der Waals surface area contributed by atoms with Gasteiger partial charge in [-0.1, -0.05) is 0 Å². The van der Waals surface area contributed by atoms with Gasteiger partial charge in [-0.2, -0.15) is 0 Å². The van der Waals surface area contributed by atoms with Crippen LogP contribution in [0.15, 0.2) is 30.5 Å². The van der Waals surface area contributed by atoms with Gasteiger partial charge >= 0.3 is 0 Å². The molecule has 11 heteroatoms. The SMILES string of the molecule is COc1ccc2ncc(F)c(CC(=O)C34CCC(NCc5ccc6c(n5)NC(=O)CO6)(CC3)CO4)c2n1. The average Bonchev–Trinajstić information content (AvgIpc) is 2.94. The Balaban J connectivity index is 1.13. The second-order valence-electron chi connectivity index (χ2n) is 9.81. The second-order valence-corrected chi connectivity index (χ2v) is 9.81. The van der Waals surface area contributed by atoms with Crippen LogP contribution in [0, 0.1) is 5.82 Å². The molecule has 3 aromatic rings. The zero-order valence-electron chi connectivity index (χ0n) is 20.3. The maximum Gasteiger partial charge on any atom is 0.263 e. The van der Waals surface area contributed by atoms with Crippen molar-refractivity contribution in [2.45, 2.75) is 49.8 Å². The number of halogens is 1. The maximum absolute atomic E-state index is 14.8. The number of rotatable bonds is 7. The molecule has 0 radical (unpaired) electrons. The number of amides is 1. The molecule has 3 aliphatic heterocycles. The van der Waals surface area contributed by atoms with E-state index in [1.807, 2.05) is 6.07 Å². The van der Waals surface area contributed by atoms with Crippen LogP contribution in [-0.2, 0) is 27.3 Å². The van der Waals surface area contributed by atoms with Crippen molar-refractivity contribution in [1.29, 1.82) is 0 Å². The summed E-state index contributed by atoms with van der Waals surface area (Å²) in [7, 11) is 1.48. The van der Waals surface area contributed by atoms with Crippen molar-refractivity contribution in [1.82, 2.24) is 20.3 Å². The lowest BCUT2D eigenvalue weighted by Crippen LogP contribution is -2.64. The molecule has 7 rings (SSSR count). The molecule has 1 saturated carbocycles. The largest absolute Gasteiger partial charge is 0.481 e. The van der Waals surface area contributed by atoms with Gasteiger partial charge < -0.3 is 24.8 Å². The fourth-order valence-corrected chi connectivity index (χ4v) is 5.35. The molecule has 2 saturated heterocycles. The van der Waals surface area contributed by atoms with Crippen molar-refractivity contribution in [2.75, 3.05) is 25.6 Å². The molecule has 0 spiro atoms. The van der Waals surface area contributed by atoms with E-state index in [9.17, 15) is 14.0 Å². The first-order valence-corrected chi connectivity index (χ1v) is 12.2. The Kier molecular flexibility index (Phi) is 5.76. The summed E-state index contributed by atoms with van der Waals surface area (Å²) in [6.07, 6.45) is 3.58. The van der Waals surface area contributed by atoms with Gasteiger partial charge in [0, 0.05) is 30.1 Å². The maximum atomic E-state index is 14.8. The fourth-order valence-electron chi connectivity index (χ4n) is 5.35. The third kappa shape index (κ3) is 4.27. The molecule has 2 bridgehead atoms. The normalized spacial score (nSPS) is 24.3. The average molecular weight is 508 g/mol. The number of hydrogen-bond donors (Lipinski definition) is 2. The van der Waals surface area contributed by atoms with Crippen LogP contribution in [0.5, 0.6) is 11.6 Å². The van der Waals surface area contributed by atoms with Gasteiger partial charge in [0.15, 0.2) is 24.0 Å². The number of carbonyl (C=O) groups is 2. The number of Topliss-reactive ketones (excluding diaryl/α,β-unsaturated/α-hetero) is 1. The Bertz CT molecular complexity index is 1390. The van der Waals surface area contributed by atoms with Crippen LogP contribution in [0.25, 0.3) is 11.0 Å². The van der Waals surface area contributed by atoms with Crippen molar-refractivity contribution in [3.63, 3.8) is 0 Å². The minimum Gasteiger partial charge on any atom is -0.481 e.